The minimum Gasteiger partial charge on any atom is -0.271 e. The maximum absolute atomic E-state index is 13.3. The molecule has 3 nitrogen and oxygen atoms in total. The van der Waals surface area contributed by atoms with Gasteiger partial charge >= 0.3 is 0 Å². The number of nitrogens with one attached hydrogen (secondary N) is 1. The molecular formula is C10H16FN3. The number of nitrogens with zero attached hydrogens (tertiary/aromatic N) is 1. The monoisotopic (exact) mass is 197 g/mol. The first-order valence-corrected chi connectivity index (χ1v) is 4.71. The maximum Gasteiger partial charge on any atom is 0.146 e. The fourth-order valence-corrected chi connectivity index (χ4v) is 1.38. The first-order chi connectivity index (χ1) is 6.65. The third kappa shape index (κ3) is 2.75. The highest BCUT2D eigenvalue weighted by atomic mass is 19.1. The highest BCUT2D eigenvalue weighted by Crippen LogP contribution is 2.20. The van der Waals surface area contributed by atoms with Gasteiger partial charge in [0.25, 0.3) is 0 Å². The molecule has 1 rings (SSSR count). The molecular weight excluding hydrogens is 181 g/mol. The second kappa shape index (κ2) is 5.02. The van der Waals surface area contributed by atoms with Crippen LogP contribution in [0.3, 0.4) is 0 Å². The lowest BCUT2D eigenvalue weighted by atomic mass is 10.0. The van der Waals surface area contributed by atoms with Gasteiger partial charge < -0.3 is 0 Å². The first-order valence-electron chi connectivity index (χ1n) is 4.71. The van der Waals surface area contributed by atoms with E-state index in [1.54, 1.807) is 12.3 Å². The molecule has 78 valence electrons. The number of hydrogen-bond donors (Lipinski definition) is 2. The molecule has 3 N–H and O–H groups in total. The number of nitrogens with two attached hydrogens (primary N) is 1. The third-order valence-electron chi connectivity index (χ3n) is 2.03. The molecule has 0 aliphatic heterocycles. The average Bonchev–Trinajstić information content (AvgIpc) is 2.15. The number of pyridine rings is 1. The highest BCUT2D eigenvalue weighted by molar-refractivity contribution is 5.11. The summed E-state index contributed by atoms with van der Waals surface area (Å²) in [5.74, 6) is 5.50. The van der Waals surface area contributed by atoms with Crippen LogP contribution in [0.15, 0.2) is 18.3 Å². The summed E-state index contributed by atoms with van der Waals surface area (Å²) in [6.07, 6.45) is 2.34. The van der Waals surface area contributed by atoms with Crippen molar-refractivity contribution in [2.24, 2.45) is 11.8 Å². The van der Waals surface area contributed by atoms with E-state index in [0.717, 1.165) is 6.42 Å². The largest absolute Gasteiger partial charge is 0.271 e. The van der Waals surface area contributed by atoms with Crippen LogP contribution in [0.5, 0.6) is 0 Å². The summed E-state index contributed by atoms with van der Waals surface area (Å²) in [5.41, 5.74) is 2.98. The van der Waals surface area contributed by atoms with Gasteiger partial charge in [-0.05, 0) is 24.5 Å². The Hall–Kier alpha value is -1.00. The van der Waals surface area contributed by atoms with Crippen molar-refractivity contribution < 1.29 is 4.39 Å². The van der Waals surface area contributed by atoms with Crippen LogP contribution in [0.25, 0.3) is 0 Å². The fourth-order valence-electron chi connectivity index (χ4n) is 1.38. The molecule has 0 amide bonds. The second-order valence-corrected chi connectivity index (χ2v) is 3.72. The Morgan fingerprint density at radius 3 is 2.79 bits per heavy atom. The Labute approximate surface area is 83.5 Å². The van der Waals surface area contributed by atoms with E-state index in [-0.39, 0.29) is 11.9 Å². The SMILES string of the molecule is CC(C)CC(NN)c1ncccc1F. The lowest BCUT2D eigenvalue weighted by molar-refractivity contribution is 0.413. The van der Waals surface area contributed by atoms with Gasteiger partial charge in [0.2, 0.25) is 0 Å². The molecule has 1 heterocycles. The van der Waals surface area contributed by atoms with Crippen LogP contribution in [0.2, 0.25) is 0 Å². The number of halogens is 1. The molecule has 14 heavy (non-hydrogen) atoms. The molecule has 1 atom stereocenters. The summed E-state index contributed by atoms with van der Waals surface area (Å²) in [7, 11) is 0. The van der Waals surface area contributed by atoms with Gasteiger partial charge in [-0.2, -0.15) is 0 Å². The van der Waals surface area contributed by atoms with Gasteiger partial charge in [-0.3, -0.25) is 16.3 Å². The third-order valence-corrected chi connectivity index (χ3v) is 2.03. The molecule has 0 spiro atoms. The zero-order chi connectivity index (χ0) is 10.6. The molecule has 0 aliphatic carbocycles. The average molecular weight is 197 g/mol. The Morgan fingerprint density at radius 2 is 2.29 bits per heavy atom. The maximum atomic E-state index is 13.3. The van der Waals surface area contributed by atoms with Gasteiger partial charge in [-0.15, -0.1) is 0 Å². The van der Waals surface area contributed by atoms with Crippen LogP contribution in [-0.2, 0) is 0 Å². The Bertz CT molecular complexity index is 288. The van der Waals surface area contributed by atoms with E-state index < -0.39 is 0 Å². The first kappa shape index (κ1) is 11.1. The molecule has 1 aromatic rings. The van der Waals surface area contributed by atoms with Gasteiger partial charge in [0.05, 0.1) is 11.7 Å². The molecule has 1 aromatic heterocycles. The fraction of sp³-hybridized carbons (Fsp3) is 0.500. The van der Waals surface area contributed by atoms with Gasteiger partial charge in [0.15, 0.2) is 0 Å². The minimum absolute atomic E-state index is 0.212. The molecule has 0 saturated carbocycles. The van der Waals surface area contributed by atoms with Crippen LogP contribution in [0.4, 0.5) is 4.39 Å². The molecule has 0 saturated heterocycles. The van der Waals surface area contributed by atoms with Gasteiger partial charge in [-0.25, -0.2) is 4.39 Å². The van der Waals surface area contributed by atoms with E-state index in [1.807, 2.05) is 0 Å². The highest BCUT2D eigenvalue weighted by Gasteiger charge is 2.16. The number of hydrogen-bond acceptors (Lipinski definition) is 3. The predicted molar refractivity (Wildman–Crippen MR) is 53.7 cm³/mol. The van der Waals surface area contributed by atoms with Crippen molar-refractivity contribution in [1.82, 2.24) is 10.4 Å². The second-order valence-electron chi connectivity index (χ2n) is 3.72. The topological polar surface area (TPSA) is 50.9 Å². The van der Waals surface area contributed by atoms with Crippen molar-refractivity contribution in [3.8, 4) is 0 Å². The summed E-state index contributed by atoms with van der Waals surface area (Å²) >= 11 is 0. The number of hydrazine groups is 1. The van der Waals surface area contributed by atoms with E-state index in [0.29, 0.717) is 11.6 Å². The van der Waals surface area contributed by atoms with Gasteiger partial charge in [0.1, 0.15) is 5.82 Å². The van der Waals surface area contributed by atoms with Crippen LogP contribution in [0.1, 0.15) is 32.0 Å². The zero-order valence-corrected chi connectivity index (χ0v) is 8.50. The molecule has 4 heteroatoms. The summed E-state index contributed by atoms with van der Waals surface area (Å²) in [4.78, 5) is 3.99. The zero-order valence-electron chi connectivity index (χ0n) is 8.50. The molecule has 0 radical (unpaired) electrons. The molecule has 0 bridgehead atoms. The summed E-state index contributed by atoms with van der Waals surface area (Å²) in [6.45, 7) is 4.12. The van der Waals surface area contributed by atoms with Crippen molar-refractivity contribution >= 4 is 0 Å². The van der Waals surface area contributed by atoms with Crippen LogP contribution < -0.4 is 11.3 Å². The Morgan fingerprint density at radius 1 is 1.57 bits per heavy atom. The van der Waals surface area contributed by atoms with Gasteiger partial charge in [0, 0.05) is 6.20 Å². The van der Waals surface area contributed by atoms with Crippen molar-refractivity contribution in [3.63, 3.8) is 0 Å². The van der Waals surface area contributed by atoms with Crippen molar-refractivity contribution in [2.75, 3.05) is 0 Å². The van der Waals surface area contributed by atoms with Crippen LogP contribution in [0, 0.1) is 11.7 Å². The van der Waals surface area contributed by atoms with E-state index in [4.69, 9.17) is 5.84 Å². The van der Waals surface area contributed by atoms with E-state index in [9.17, 15) is 4.39 Å². The number of rotatable bonds is 4. The Balaban J connectivity index is 2.83. The lowest BCUT2D eigenvalue weighted by Gasteiger charge is -2.17. The van der Waals surface area contributed by atoms with Crippen LogP contribution >= 0.6 is 0 Å². The minimum atomic E-state index is -0.309. The van der Waals surface area contributed by atoms with E-state index in [2.05, 4.69) is 24.3 Å². The standard InChI is InChI=1S/C10H16FN3/c1-7(2)6-9(14-12)10-8(11)4-3-5-13-10/h3-5,7,9,14H,6,12H2,1-2H3. The molecule has 0 fully saturated rings. The summed E-state index contributed by atoms with van der Waals surface area (Å²) in [6, 6.07) is 2.76. The summed E-state index contributed by atoms with van der Waals surface area (Å²) < 4.78 is 13.3. The molecule has 1 unspecified atom stereocenters. The van der Waals surface area contributed by atoms with E-state index in [1.165, 1.54) is 6.07 Å². The van der Waals surface area contributed by atoms with Crippen molar-refractivity contribution in [3.05, 3.63) is 29.8 Å². The van der Waals surface area contributed by atoms with Crippen molar-refractivity contribution in [1.29, 1.82) is 0 Å². The molecule has 0 aliphatic rings. The van der Waals surface area contributed by atoms with Gasteiger partial charge in [-0.1, -0.05) is 13.8 Å². The summed E-state index contributed by atoms with van der Waals surface area (Å²) in [5, 5.41) is 0. The van der Waals surface area contributed by atoms with E-state index >= 15 is 0 Å². The quantitative estimate of drug-likeness (QED) is 0.571. The molecule has 0 aromatic carbocycles. The predicted octanol–water partition coefficient (Wildman–Crippen LogP) is 1.77. The van der Waals surface area contributed by atoms with Crippen molar-refractivity contribution in [2.45, 2.75) is 26.3 Å². The lowest BCUT2D eigenvalue weighted by Crippen LogP contribution is -2.30. The normalized spacial score (nSPS) is 13.2. The smallest absolute Gasteiger partial charge is 0.146 e. The number of aromatic nitrogens is 1. The van der Waals surface area contributed by atoms with Crippen LogP contribution in [-0.4, -0.2) is 4.98 Å². The Kier molecular flexibility index (Phi) is 3.98.